The Balaban J connectivity index is 2.14. The molecule has 26 heavy (non-hydrogen) atoms. The van der Waals surface area contributed by atoms with E-state index in [2.05, 4.69) is 5.32 Å². The van der Waals surface area contributed by atoms with Crippen LogP contribution in [0.2, 0.25) is 0 Å². The van der Waals surface area contributed by atoms with Gasteiger partial charge in [-0.05, 0) is 19.8 Å². The number of methoxy groups -OCH3 is 1. The van der Waals surface area contributed by atoms with Gasteiger partial charge in [-0.2, -0.15) is 0 Å². The van der Waals surface area contributed by atoms with Gasteiger partial charge in [0.05, 0.1) is 12.6 Å². The van der Waals surface area contributed by atoms with Crippen LogP contribution in [0.1, 0.15) is 46.0 Å². The van der Waals surface area contributed by atoms with Crippen molar-refractivity contribution in [3.63, 3.8) is 0 Å². The summed E-state index contributed by atoms with van der Waals surface area (Å²) in [5.41, 5.74) is 0.278. The van der Waals surface area contributed by atoms with Crippen molar-refractivity contribution >= 4 is 28.2 Å². The van der Waals surface area contributed by atoms with Crippen molar-refractivity contribution in [3.8, 4) is 11.5 Å². The standard InChI is InChI=1S/C21H25NO4/c1-14(23)21(11-7-4-8-12-21)22-18-13-19(25-3)20(26-15(2)24)17-10-6-5-9-16(17)18/h5-6,9-10,13,22H,4,7-8,11-12H2,1-3H3. The third-order valence-electron chi connectivity index (χ3n) is 5.18. The molecule has 5 heteroatoms. The number of Topliss-reactive ketones (excluding diaryl/α,β-unsaturated/α-hetero) is 1. The minimum Gasteiger partial charge on any atom is -0.493 e. The molecule has 0 bridgehead atoms. The van der Waals surface area contributed by atoms with Crippen molar-refractivity contribution in [2.24, 2.45) is 0 Å². The average molecular weight is 355 g/mol. The molecule has 1 aliphatic carbocycles. The van der Waals surface area contributed by atoms with Gasteiger partial charge in [-0.25, -0.2) is 0 Å². The Kier molecular flexibility index (Phi) is 5.16. The summed E-state index contributed by atoms with van der Waals surface area (Å²) in [6, 6.07) is 9.49. The molecule has 0 heterocycles. The number of carbonyl (C=O) groups excluding carboxylic acids is 2. The van der Waals surface area contributed by atoms with Crippen LogP contribution in [0.3, 0.4) is 0 Å². The quantitative estimate of drug-likeness (QED) is 0.633. The molecule has 3 rings (SSSR count). The monoisotopic (exact) mass is 355 g/mol. The second-order valence-corrected chi connectivity index (χ2v) is 6.92. The molecule has 1 saturated carbocycles. The average Bonchev–Trinajstić information content (AvgIpc) is 2.64. The molecule has 0 saturated heterocycles. The summed E-state index contributed by atoms with van der Waals surface area (Å²) in [5, 5.41) is 5.20. The van der Waals surface area contributed by atoms with Crippen molar-refractivity contribution < 1.29 is 19.1 Å². The van der Waals surface area contributed by atoms with Gasteiger partial charge in [-0.15, -0.1) is 0 Å². The van der Waals surface area contributed by atoms with Gasteiger partial charge in [0.15, 0.2) is 17.3 Å². The van der Waals surface area contributed by atoms with E-state index in [9.17, 15) is 9.59 Å². The summed E-state index contributed by atoms with van der Waals surface area (Å²) in [6.45, 7) is 3.03. The Hall–Kier alpha value is -2.56. The van der Waals surface area contributed by atoms with E-state index in [0.717, 1.165) is 48.6 Å². The molecule has 0 unspecified atom stereocenters. The van der Waals surface area contributed by atoms with Crippen LogP contribution in [-0.4, -0.2) is 24.4 Å². The van der Waals surface area contributed by atoms with Gasteiger partial charge in [0.25, 0.3) is 0 Å². The molecule has 1 N–H and O–H groups in total. The zero-order chi connectivity index (χ0) is 18.7. The van der Waals surface area contributed by atoms with Crippen LogP contribution >= 0.6 is 0 Å². The highest BCUT2D eigenvalue weighted by Gasteiger charge is 2.37. The van der Waals surface area contributed by atoms with Crippen molar-refractivity contribution in [3.05, 3.63) is 30.3 Å². The topological polar surface area (TPSA) is 64.6 Å². The van der Waals surface area contributed by atoms with Crippen molar-refractivity contribution in [2.75, 3.05) is 12.4 Å². The summed E-state index contributed by atoms with van der Waals surface area (Å²) in [4.78, 5) is 24.0. The van der Waals surface area contributed by atoms with Crippen molar-refractivity contribution in [1.29, 1.82) is 0 Å². The molecule has 138 valence electrons. The lowest BCUT2D eigenvalue weighted by molar-refractivity contribution is -0.131. The molecule has 0 aromatic heterocycles. The molecule has 0 radical (unpaired) electrons. The molecule has 1 fully saturated rings. The number of esters is 1. The first-order valence-electron chi connectivity index (χ1n) is 9.04. The number of carbonyl (C=O) groups is 2. The highest BCUT2D eigenvalue weighted by molar-refractivity contribution is 6.03. The van der Waals surface area contributed by atoms with Crippen LogP contribution in [0.4, 0.5) is 5.69 Å². The van der Waals surface area contributed by atoms with E-state index in [-0.39, 0.29) is 5.78 Å². The molecule has 0 amide bonds. The van der Waals surface area contributed by atoms with Crippen molar-refractivity contribution in [1.82, 2.24) is 0 Å². The van der Waals surface area contributed by atoms with Gasteiger partial charge in [0.1, 0.15) is 0 Å². The van der Waals surface area contributed by atoms with Gasteiger partial charge in [0, 0.05) is 29.4 Å². The molecule has 1 aliphatic rings. The predicted octanol–water partition coefficient (Wildman–Crippen LogP) is 4.48. The maximum absolute atomic E-state index is 12.5. The molecule has 2 aromatic carbocycles. The number of benzene rings is 2. The first-order valence-corrected chi connectivity index (χ1v) is 9.04. The summed E-state index contributed by atoms with van der Waals surface area (Å²) in [6.07, 6.45) is 4.88. The molecular weight excluding hydrogens is 330 g/mol. The second kappa shape index (κ2) is 7.36. The van der Waals surface area contributed by atoms with Crippen LogP contribution in [0.15, 0.2) is 30.3 Å². The molecule has 5 nitrogen and oxygen atoms in total. The fourth-order valence-corrected chi connectivity index (χ4v) is 3.81. The number of rotatable bonds is 5. The van der Waals surface area contributed by atoms with Gasteiger partial charge in [-0.3, -0.25) is 9.59 Å². The number of nitrogens with one attached hydrogen (secondary N) is 1. The maximum atomic E-state index is 12.5. The highest BCUT2D eigenvalue weighted by Crippen LogP contribution is 2.43. The first-order chi connectivity index (χ1) is 12.5. The largest absolute Gasteiger partial charge is 0.493 e. The normalized spacial score (nSPS) is 16.1. The fourth-order valence-electron chi connectivity index (χ4n) is 3.81. The van der Waals surface area contributed by atoms with Gasteiger partial charge in [0.2, 0.25) is 0 Å². The van der Waals surface area contributed by atoms with Crippen LogP contribution in [-0.2, 0) is 9.59 Å². The lowest BCUT2D eigenvalue weighted by Gasteiger charge is -2.37. The summed E-state index contributed by atoms with van der Waals surface area (Å²) >= 11 is 0. The molecular formula is C21H25NO4. The minimum atomic E-state index is -0.547. The van der Waals surface area contributed by atoms with Crippen LogP contribution in [0, 0.1) is 0 Å². The minimum absolute atomic E-state index is 0.157. The van der Waals surface area contributed by atoms with E-state index in [1.165, 1.54) is 6.92 Å². The van der Waals surface area contributed by atoms with Crippen LogP contribution < -0.4 is 14.8 Å². The Bertz CT molecular complexity index is 837. The highest BCUT2D eigenvalue weighted by atomic mass is 16.6. The van der Waals surface area contributed by atoms with E-state index < -0.39 is 11.5 Å². The molecule has 2 aromatic rings. The first kappa shape index (κ1) is 18.2. The summed E-state index contributed by atoms with van der Waals surface area (Å²) in [5.74, 6) is 0.628. The lowest BCUT2D eigenvalue weighted by Crippen LogP contribution is -2.46. The van der Waals surface area contributed by atoms with Gasteiger partial charge >= 0.3 is 5.97 Å². The number of hydrogen-bond donors (Lipinski definition) is 1. The van der Waals surface area contributed by atoms with Crippen molar-refractivity contribution in [2.45, 2.75) is 51.5 Å². The van der Waals surface area contributed by atoms with E-state index in [1.54, 1.807) is 14.0 Å². The van der Waals surface area contributed by atoms with E-state index >= 15 is 0 Å². The molecule has 0 atom stereocenters. The lowest BCUT2D eigenvalue weighted by atomic mass is 9.78. The summed E-state index contributed by atoms with van der Waals surface area (Å²) in [7, 11) is 1.54. The maximum Gasteiger partial charge on any atom is 0.308 e. The Morgan fingerprint density at radius 3 is 2.27 bits per heavy atom. The van der Waals surface area contributed by atoms with Gasteiger partial charge in [-0.1, -0.05) is 43.5 Å². The fraction of sp³-hybridized carbons (Fsp3) is 0.429. The van der Waals surface area contributed by atoms with E-state index in [1.807, 2.05) is 30.3 Å². The number of hydrogen-bond acceptors (Lipinski definition) is 5. The third kappa shape index (κ3) is 3.39. The molecule has 0 aliphatic heterocycles. The predicted molar refractivity (Wildman–Crippen MR) is 102 cm³/mol. The zero-order valence-corrected chi connectivity index (χ0v) is 15.6. The molecule has 0 spiro atoms. The Morgan fingerprint density at radius 1 is 1.04 bits per heavy atom. The van der Waals surface area contributed by atoms with Gasteiger partial charge < -0.3 is 14.8 Å². The Labute approximate surface area is 153 Å². The number of ketones is 1. The van der Waals surface area contributed by atoms with Crippen LogP contribution in [0.25, 0.3) is 10.8 Å². The third-order valence-corrected chi connectivity index (χ3v) is 5.18. The Morgan fingerprint density at radius 2 is 1.69 bits per heavy atom. The number of ether oxygens (including phenoxy) is 2. The van der Waals surface area contributed by atoms with E-state index in [4.69, 9.17) is 9.47 Å². The number of fused-ring (bicyclic) bond motifs is 1. The SMILES string of the molecule is COc1cc(NC2(C(C)=O)CCCCC2)c2ccccc2c1OC(C)=O. The zero-order valence-electron chi connectivity index (χ0n) is 15.6. The summed E-state index contributed by atoms with van der Waals surface area (Å²) < 4.78 is 10.9. The smallest absolute Gasteiger partial charge is 0.308 e. The van der Waals surface area contributed by atoms with E-state index in [0.29, 0.717) is 11.5 Å². The van der Waals surface area contributed by atoms with Crippen LogP contribution in [0.5, 0.6) is 11.5 Å². The number of anilines is 1. The second-order valence-electron chi connectivity index (χ2n) is 6.92.